The minimum absolute atomic E-state index is 0.954. The van der Waals surface area contributed by atoms with Crippen LogP contribution in [-0.4, -0.2) is 35.4 Å². The molecule has 0 spiro atoms. The van der Waals surface area contributed by atoms with E-state index in [1.807, 2.05) is 0 Å². The molecule has 1 fully saturated rings. The van der Waals surface area contributed by atoms with Crippen molar-refractivity contribution in [2.75, 3.05) is 0 Å². The van der Waals surface area contributed by atoms with Gasteiger partial charge in [0.25, 0.3) is 0 Å². The van der Waals surface area contributed by atoms with Gasteiger partial charge in [0.1, 0.15) is 0 Å². The molecule has 86 valence electrons. The first-order valence-corrected chi connectivity index (χ1v) is 7.74. The quantitative estimate of drug-likeness (QED) is 0.577. The molecule has 0 aromatic rings. The normalized spacial score (nSPS) is 18.9. The van der Waals surface area contributed by atoms with Gasteiger partial charge in [-0.2, -0.15) is 0 Å². The van der Waals surface area contributed by atoms with E-state index in [0.29, 0.717) is 0 Å². The van der Waals surface area contributed by atoms with Gasteiger partial charge in [-0.15, -0.1) is 0 Å². The SMILES string of the molecule is CCC1CCCCC1.[Li][CH2]CC[CH]([Li])CC. The van der Waals surface area contributed by atoms with E-state index in [2.05, 4.69) is 49.3 Å². The van der Waals surface area contributed by atoms with Crippen LogP contribution in [0.15, 0.2) is 0 Å². The third-order valence-electron chi connectivity index (χ3n) is 4.05. The average molecular weight is 210 g/mol. The van der Waals surface area contributed by atoms with Gasteiger partial charge in [-0.25, -0.2) is 0 Å². The molecular formula is C14H28Li2. The summed E-state index contributed by atoms with van der Waals surface area (Å²) >= 11 is 4.58. The van der Waals surface area contributed by atoms with Crippen LogP contribution in [-0.2, 0) is 0 Å². The van der Waals surface area contributed by atoms with E-state index in [9.17, 15) is 0 Å². The predicted octanol–water partition coefficient (Wildman–Crippen LogP) is 4.70. The Balaban J connectivity index is 0.000000281. The fourth-order valence-corrected chi connectivity index (χ4v) is 2.35. The van der Waals surface area contributed by atoms with Crippen LogP contribution in [0.2, 0.25) is 9.68 Å². The predicted molar refractivity (Wildman–Crippen MR) is 76.5 cm³/mol. The monoisotopic (exact) mass is 210 g/mol. The molecule has 1 rings (SSSR count). The van der Waals surface area contributed by atoms with Gasteiger partial charge in [0.05, 0.1) is 0 Å². The van der Waals surface area contributed by atoms with Crippen molar-refractivity contribution in [2.24, 2.45) is 5.92 Å². The van der Waals surface area contributed by atoms with Gasteiger partial charge >= 0.3 is 71.3 Å². The Bertz CT molecular complexity index is 131. The molecule has 0 saturated heterocycles. The van der Waals surface area contributed by atoms with E-state index in [1.54, 1.807) is 0 Å². The van der Waals surface area contributed by atoms with Gasteiger partial charge < -0.3 is 0 Å². The molecule has 1 aliphatic rings. The standard InChI is InChI=1S/C8H16.C6H12.2Li/c1-2-8-6-4-3-5-7-8;1-3-5-6-4-2;;/h8H,2-7H2,1H3;6H,1,3-5H2,2H3;;. The second kappa shape index (κ2) is 12.6. The van der Waals surface area contributed by atoms with E-state index >= 15 is 0 Å². The molecule has 0 aliphatic heterocycles. The van der Waals surface area contributed by atoms with Gasteiger partial charge in [-0.1, -0.05) is 45.4 Å². The van der Waals surface area contributed by atoms with Gasteiger partial charge in [0.15, 0.2) is 0 Å². The van der Waals surface area contributed by atoms with Crippen molar-refractivity contribution < 1.29 is 0 Å². The topological polar surface area (TPSA) is 0 Å². The molecule has 2 heteroatoms. The molecule has 0 aromatic heterocycles. The van der Waals surface area contributed by atoms with Crippen LogP contribution in [0.5, 0.6) is 0 Å². The Hall–Kier alpha value is 1.19. The Labute approximate surface area is 122 Å². The van der Waals surface area contributed by atoms with E-state index in [4.69, 9.17) is 0 Å². The van der Waals surface area contributed by atoms with Crippen molar-refractivity contribution in [3.05, 3.63) is 0 Å². The summed E-state index contributed by atoms with van der Waals surface area (Å²) < 4.78 is 0.954. The van der Waals surface area contributed by atoms with E-state index in [-0.39, 0.29) is 0 Å². The van der Waals surface area contributed by atoms with Gasteiger partial charge in [0, 0.05) is 0 Å². The third-order valence-corrected chi connectivity index (χ3v) is 4.05. The van der Waals surface area contributed by atoms with Crippen LogP contribution in [0.3, 0.4) is 0 Å². The molecule has 16 heavy (non-hydrogen) atoms. The summed E-state index contributed by atoms with van der Waals surface area (Å²) in [6.45, 7) is 4.58. The fraction of sp³-hybridized carbons (Fsp3) is 1.00. The molecule has 0 nitrogen and oxygen atoms in total. The van der Waals surface area contributed by atoms with Crippen molar-refractivity contribution in [3.8, 4) is 0 Å². The Kier molecular flexibility index (Phi) is 13.6. The molecule has 1 aliphatic carbocycles. The van der Waals surface area contributed by atoms with Crippen molar-refractivity contribution in [2.45, 2.75) is 81.3 Å². The first kappa shape index (κ1) is 17.2. The second-order valence-electron chi connectivity index (χ2n) is 5.57. The van der Waals surface area contributed by atoms with Crippen LogP contribution in [0.25, 0.3) is 0 Å². The summed E-state index contributed by atoms with van der Waals surface area (Å²) in [4.78, 5) is 0. The number of hydrogen-bond donors (Lipinski definition) is 0. The summed E-state index contributed by atoms with van der Waals surface area (Å²) in [5.74, 6) is 1.09. The van der Waals surface area contributed by atoms with Gasteiger partial charge in [-0.3, -0.25) is 0 Å². The first-order chi connectivity index (χ1) is 7.74. The van der Waals surface area contributed by atoms with Crippen molar-refractivity contribution in [1.29, 1.82) is 0 Å². The minimum atomic E-state index is 0.954. The summed E-state index contributed by atoms with van der Waals surface area (Å²) in [5, 5.41) is 1.35. The molecule has 0 radical (unpaired) electrons. The van der Waals surface area contributed by atoms with Crippen LogP contribution in [0.1, 0.15) is 71.6 Å². The van der Waals surface area contributed by atoms with E-state index in [0.717, 1.165) is 10.5 Å². The molecule has 0 aromatic carbocycles. The van der Waals surface area contributed by atoms with E-state index < -0.39 is 0 Å². The zero-order valence-electron chi connectivity index (χ0n) is 12.2. The summed E-state index contributed by atoms with van der Waals surface area (Å²) in [6.07, 6.45) is 13.1. The van der Waals surface area contributed by atoms with Crippen molar-refractivity contribution in [1.82, 2.24) is 0 Å². The summed E-state index contributed by atoms with van der Waals surface area (Å²) in [5.41, 5.74) is 0. The average Bonchev–Trinajstić information content (AvgIpc) is 2.37. The van der Waals surface area contributed by atoms with Crippen LogP contribution in [0.4, 0.5) is 0 Å². The molecule has 0 N–H and O–H groups in total. The zero-order valence-corrected chi connectivity index (χ0v) is 12.2. The Morgan fingerprint density at radius 3 is 2.12 bits per heavy atom. The van der Waals surface area contributed by atoms with Gasteiger partial charge in [-0.05, 0) is 5.92 Å². The van der Waals surface area contributed by atoms with Crippen LogP contribution >= 0.6 is 0 Å². The maximum absolute atomic E-state index is 2.33. The van der Waals surface area contributed by atoms with Crippen LogP contribution in [0, 0.1) is 5.92 Å². The molecule has 1 unspecified atom stereocenters. The molecule has 1 saturated carbocycles. The van der Waals surface area contributed by atoms with E-state index in [1.165, 1.54) is 62.9 Å². The Morgan fingerprint density at radius 2 is 1.75 bits per heavy atom. The molecule has 0 amide bonds. The second-order valence-corrected chi connectivity index (χ2v) is 5.57. The van der Waals surface area contributed by atoms with Gasteiger partial charge in [0.2, 0.25) is 0 Å². The number of rotatable bonds is 5. The molecule has 1 atom stereocenters. The zero-order chi connectivity index (χ0) is 12.2. The van der Waals surface area contributed by atoms with Crippen molar-refractivity contribution >= 4 is 35.4 Å². The molecular weight excluding hydrogens is 182 g/mol. The molecule has 0 bridgehead atoms. The Morgan fingerprint density at radius 1 is 1.12 bits per heavy atom. The molecule has 0 heterocycles. The summed E-state index contributed by atoms with van der Waals surface area (Å²) in [6, 6.07) is 0. The summed E-state index contributed by atoms with van der Waals surface area (Å²) in [7, 11) is 0. The number of hydrogen-bond acceptors (Lipinski definition) is 0. The maximum atomic E-state index is 2.33. The first-order valence-electron chi connectivity index (χ1n) is 7.74. The third kappa shape index (κ3) is 10.4. The van der Waals surface area contributed by atoms with Crippen LogP contribution < -0.4 is 0 Å². The van der Waals surface area contributed by atoms with Crippen molar-refractivity contribution in [3.63, 3.8) is 0 Å². The fourth-order valence-electron chi connectivity index (χ4n) is 2.35.